The van der Waals surface area contributed by atoms with Gasteiger partial charge in [0.15, 0.2) is 0 Å². The Kier molecular flexibility index (Phi) is 6.64. The van der Waals surface area contributed by atoms with Crippen molar-refractivity contribution in [2.24, 2.45) is 0 Å². The summed E-state index contributed by atoms with van der Waals surface area (Å²) < 4.78 is 0. The molecule has 0 spiro atoms. The lowest BCUT2D eigenvalue weighted by Gasteiger charge is -2.29. The van der Waals surface area contributed by atoms with Gasteiger partial charge < -0.3 is 15.1 Å². The van der Waals surface area contributed by atoms with Crippen LogP contribution in [0.5, 0.6) is 0 Å². The Bertz CT molecular complexity index is 741. The lowest BCUT2D eigenvalue weighted by Crippen LogP contribution is -3.27. The average Bonchev–Trinajstić information content (AvgIpc) is 2.65. The number of piperazine rings is 1. The van der Waals surface area contributed by atoms with Gasteiger partial charge in [-0.05, 0) is 31.9 Å². The minimum absolute atomic E-state index is 0.136. The molecule has 1 amide bonds. The molecule has 1 aliphatic heterocycles. The zero-order valence-corrected chi connectivity index (χ0v) is 16.9. The number of nitrogens with one attached hydrogen (secondary N) is 3. The predicted molar refractivity (Wildman–Crippen MR) is 110 cm³/mol. The summed E-state index contributed by atoms with van der Waals surface area (Å²) in [6, 6.07) is 15.0. The maximum Gasteiger partial charge on any atom is 0.230 e. The highest BCUT2D eigenvalue weighted by atomic mass is 16.1. The van der Waals surface area contributed by atoms with Crippen molar-refractivity contribution in [2.75, 3.05) is 38.0 Å². The number of anilines is 1. The van der Waals surface area contributed by atoms with Crippen molar-refractivity contribution >= 4 is 11.6 Å². The van der Waals surface area contributed by atoms with Crippen molar-refractivity contribution in [3.8, 4) is 0 Å². The summed E-state index contributed by atoms with van der Waals surface area (Å²) in [5, 5.41) is 3.13. The van der Waals surface area contributed by atoms with Crippen LogP contribution in [0.3, 0.4) is 0 Å². The van der Waals surface area contributed by atoms with Crippen LogP contribution in [-0.2, 0) is 11.3 Å². The first-order chi connectivity index (χ1) is 13.0. The van der Waals surface area contributed by atoms with Crippen LogP contribution in [0.4, 0.5) is 5.69 Å². The molecule has 27 heavy (non-hydrogen) atoms. The Morgan fingerprint density at radius 1 is 0.926 bits per heavy atom. The summed E-state index contributed by atoms with van der Waals surface area (Å²) in [7, 11) is 0. The fourth-order valence-corrected chi connectivity index (χ4v) is 4.14. The van der Waals surface area contributed by atoms with E-state index in [2.05, 4.69) is 68.6 Å². The highest BCUT2D eigenvalue weighted by Gasteiger charge is 2.23. The molecular weight excluding hydrogens is 334 g/mol. The third kappa shape index (κ3) is 5.65. The van der Waals surface area contributed by atoms with Crippen LogP contribution in [0.1, 0.15) is 28.7 Å². The third-order valence-electron chi connectivity index (χ3n) is 5.61. The van der Waals surface area contributed by atoms with E-state index in [4.69, 9.17) is 0 Å². The van der Waals surface area contributed by atoms with Crippen molar-refractivity contribution in [2.45, 2.75) is 33.7 Å². The topological polar surface area (TPSA) is 38.0 Å². The minimum Gasteiger partial charge on any atom is -0.325 e. The Balaban J connectivity index is 1.42. The first-order valence-electron chi connectivity index (χ1n) is 10.1. The number of carbonyl (C=O) groups excluding carboxylic acids is 1. The first kappa shape index (κ1) is 19.6. The molecule has 4 heteroatoms. The molecule has 0 unspecified atom stereocenters. The molecule has 0 saturated carbocycles. The van der Waals surface area contributed by atoms with Gasteiger partial charge in [0.1, 0.15) is 32.7 Å². The zero-order chi connectivity index (χ0) is 19.2. The lowest BCUT2D eigenvalue weighted by molar-refractivity contribution is -1.02. The fraction of sp³-hybridized carbons (Fsp3) is 0.435. The molecule has 1 aliphatic rings. The molecule has 1 saturated heterocycles. The van der Waals surface area contributed by atoms with Gasteiger partial charge in [-0.2, -0.15) is 0 Å². The summed E-state index contributed by atoms with van der Waals surface area (Å²) in [5.74, 6) is 0.136. The molecule has 1 fully saturated rings. The van der Waals surface area contributed by atoms with Gasteiger partial charge >= 0.3 is 0 Å². The van der Waals surface area contributed by atoms with Gasteiger partial charge in [-0.25, -0.2) is 0 Å². The molecule has 2 aromatic rings. The maximum absolute atomic E-state index is 12.4. The molecule has 4 nitrogen and oxygen atoms in total. The number of rotatable bonds is 6. The molecule has 0 aliphatic carbocycles. The first-order valence-corrected chi connectivity index (χ1v) is 10.1. The standard InChI is InChI=1S/C23H31N3O/c1-18-15-19(2)23(20(3)16-18)24-22(27)9-10-25-11-13-26(14-12-25)17-21-7-5-4-6-8-21/h4-8,15-16H,9-14,17H2,1-3H3,(H,24,27)/p+2. The van der Waals surface area contributed by atoms with Gasteiger partial charge in [-0.15, -0.1) is 0 Å². The van der Waals surface area contributed by atoms with Gasteiger partial charge in [0.05, 0.1) is 13.0 Å². The number of carbonyl (C=O) groups is 1. The summed E-state index contributed by atoms with van der Waals surface area (Å²) in [5.41, 5.74) is 5.93. The van der Waals surface area contributed by atoms with E-state index in [1.807, 2.05) is 0 Å². The van der Waals surface area contributed by atoms with Crippen LogP contribution in [-0.4, -0.2) is 38.6 Å². The SMILES string of the molecule is Cc1cc(C)c(NC(=O)CC[NH+]2CC[NH+](Cc3ccccc3)CC2)c(C)c1. The smallest absolute Gasteiger partial charge is 0.230 e. The Morgan fingerprint density at radius 3 is 2.15 bits per heavy atom. The number of benzene rings is 2. The number of quaternary nitrogens is 2. The van der Waals surface area contributed by atoms with Crippen molar-refractivity contribution < 1.29 is 14.6 Å². The number of hydrogen-bond donors (Lipinski definition) is 3. The number of hydrogen-bond acceptors (Lipinski definition) is 1. The van der Waals surface area contributed by atoms with Crippen molar-refractivity contribution in [3.05, 3.63) is 64.7 Å². The molecule has 3 rings (SSSR count). The van der Waals surface area contributed by atoms with Gasteiger partial charge in [-0.1, -0.05) is 48.0 Å². The summed E-state index contributed by atoms with van der Waals surface area (Å²) in [4.78, 5) is 15.6. The zero-order valence-electron chi connectivity index (χ0n) is 16.9. The van der Waals surface area contributed by atoms with Crippen LogP contribution in [0.15, 0.2) is 42.5 Å². The summed E-state index contributed by atoms with van der Waals surface area (Å²) in [6.07, 6.45) is 0.593. The Morgan fingerprint density at radius 2 is 1.52 bits per heavy atom. The lowest BCUT2D eigenvalue weighted by atomic mass is 10.0. The predicted octanol–water partition coefficient (Wildman–Crippen LogP) is 0.924. The number of aryl methyl sites for hydroxylation is 3. The van der Waals surface area contributed by atoms with E-state index >= 15 is 0 Å². The summed E-state index contributed by atoms with van der Waals surface area (Å²) >= 11 is 0. The Hall–Kier alpha value is -2.17. The second kappa shape index (κ2) is 9.16. The van der Waals surface area contributed by atoms with Crippen LogP contribution in [0.25, 0.3) is 0 Å². The quantitative estimate of drug-likeness (QED) is 0.698. The minimum atomic E-state index is 0.136. The molecular formula is C23H33N3O+2. The second-order valence-electron chi connectivity index (χ2n) is 7.98. The van der Waals surface area contributed by atoms with Crippen molar-refractivity contribution in [1.82, 2.24) is 0 Å². The normalized spacial score (nSPS) is 19.7. The van der Waals surface area contributed by atoms with Crippen LogP contribution >= 0.6 is 0 Å². The van der Waals surface area contributed by atoms with E-state index in [1.54, 1.807) is 9.80 Å². The molecule has 0 radical (unpaired) electrons. The van der Waals surface area contributed by atoms with Crippen LogP contribution in [0, 0.1) is 20.8 Å². The monoisotopic (exact) mass is 367 g/mol. The van der Waals surface area contributed by atoms with Gasteiger partial charge in [0.25, 0.3) is 0 Å². The molecule has 144 valence electrons. The molecule has 3 N–H and O–H groups in total. The van der Waals surface area contributed by atoms with Crippen LogP contribution < -0.4 is 15.1 Å². The average molecular weight is 368 g/mol. The molecule has 0 bridgehead atoms. The van der Waals surface area contributed by atoms with E-state index < -0.39 is 0 Å². The van der Waals surface area contributed by atoms with Crippen molar-refractivity contribution in [3.63, 3.8) is 0 Å². The maximum atomic E-state index is 12.4. The van der Waals surface area contributed by atoms with E-state index in [1.165, 1.54) is 24.2 Å². The fourth-order valence-electron chi connectivity index (χ4n) is 4.14. The third-order valence-corrected chi connectivity index (χ3v) is 5.61. The number of amides is 1. The van der Waals surface area contributed by atoms with E-state index in [9.17, 15) is 4.79 Å². The van der Waals surface area contributed by atoms with E-state index in [0.29, 0.717) is 6.42 Å². The van der Waals surface area contributed by atoms with Gasteiger partial charge in [0.2, 0.25) is 5.91 Å². The van der Waals surface area contributed by atoms with E-state index in [0.717, 1.165) is 43.0 Å². The summed E-state index contributed by atoms with van der Waals surface area (Å²) in [6.45, 7) is 12.9. The molecule has 0 atom stereocenters. The molecule has 2 aromatic carbocycles. The largest absolute Gasteiger partial charge is 0.325 e. The van der Waals surface area contributed by atoms with Crippen molar-refractivity contribution in [1.29, 1.82) is 0 Å². The Labute approximate surface area is 163 Å². The molecule has 0 aromatic heterocycles. The highest BCUT2D eigenvalue weighted by molar-refractivity contribution is 5.92. The van der Waals surface area contributed by atoms with Crippen LogP contribution in [0.2, 0.25) is 0 Å². The second-order valence-corrected chi connectivity index (χ2v) is 7.98. The van der Waals surface area contributed by atoms with Gasteiger partial charge in [-0.3, -0.25) is 4.79 Å². The highest BCUT2D eigenvalue weighted by Crippen LogP contribution is 2.21. The van der Waals surface area contributed by atoms with Gasteiger partial charge in [0, 0.05) is 11.3 Å². The molecule has 1 heterocycles. The van der Waals surface area contributed by atoms with E-state index in [-0.39, 0.29) is 5.91 Å².